The van der Waals surface area contributed by atoms with Crippen molar-refractivity contribution in [3.05, 3.63) is 18.3 Å². The number of anilines is 2. The Balaban J connectivity index is 1.83. The molecule has 3 aromatic rings. The number of carbonyl (C=O) groups is 1. The van der Waals surface area contributed by atoms with Crippen molar-refractivity contribution in [3.63, 3.8) is 0 Å². The number of aromatic amines is 1. The van der Waals surface area contributed by atoms with Crippen LogP contribution in [0.4, 0.5) is 16.3 Å². The zero-order valence-corrected chi connectivity index (χ0v) is 14.9. The van der Waals surface area contributed by atoms with E-state index in [2.05, 4.69) is 35.2 Å². The highest BCUT2D eigenvalue weighted by atomic mass is 32.2. The number of nitrogens with two attached hydrogens (primary N) is 1. The number of imidazole rings is 1. The maximum Gasteiger partial charge on any atom is 0.255 e. The van der Waals surface area contributed by atoms with Crippen LogP contribution in [0.3, 0.4) is 0 Å². The van der Waals surface area contributed by atoms with Crippen LogP contribution in [-0.2, 0) is 4.79 Å². The number of amides is 1. The molecule has 0 aliphatic heterocycles. The second-order valence-electron chi connectivity index (χ2n) is 5.61. The fourth-order valence-electron chi connectivity index (χ4n) is 1.99. The second-order valence-corrected chi connectivity index (χ2v) is 7.22. The van der Waals surface area contributed by atoms with E-state index in [0.29, 0.717) is 16.2 Å². The lowest BCUT2D eigenvalue weighted by Crippen LogP contribution is -2.34. The molecule has 12 heteroatoms. The molecule has 0 spiro atoms. The Labute approximate surface area is 151 Å². The number of H-pyrrole nitrogens is 1. The lowest BCUT2D eigenvalue weighted by molar-refractivity contribution is -0.117. The number of halogens is 1. The predicted octanol–water partition coefficient (Wildman–Crippen LogP) is 1.38. The zero-order chi connectivity index (χ0) is 18.9. The number of rotatable bonds is 5. The number of aromatic nitrogens is 6. The van der Waals surface area contributed by atoms with Gasteiger partial charge in [0.05, 0.1) is 24.4 Å². The van der Waals surface area contributed by atoms with Crippen LogP contribution in [0, 0.1) is 5.82 Å². The van der Waals surface area contributed by atoms with Gasteiger partial charge >= 0.3 is 0 Å². The van der Waals surface area contributed by atoms with Crippen molar-refractivity contribution in [3.8, 4) is 5.88 Å². The molecule has 1 amide bonds. The van der Waals surface area contributed by atoms with Crippen molar-refractivity contribution in [2.75, 3.05) is 18.2 Å². The van der Waals surface area contributed by atoms with Crippen molar-refractivity contribution in [2.45, 2.75) is 23.6 Å². The van der Waals surface area contributed by atoms with E-state index in [-0.39, 0.29) is 17.8 Å². The average Bonchev–Trinajstić information content (AvgIpc) is 3.04. The maximum atomic E-state index is 13.4. The number of ether oxygens (including phenoxy) is 1. The Bertz CT molecular complexity index is 977. The fraction of sp³-hybridized carbons (Fsp3) is 0.286. The maximum absolute atomic E-state index is 13.4. The van der Waals surface area contributed by atoms with Crippen LogP contribution in [0.5, 0.6) is 5.88 Å². The van der Waals surface area contributed by atoms with Crippen LogP contribution in [0.1, 0.15) is 13.8 Å². The zero-order valence-electron chi connectivity index (χ0n) is 14.1. The molecule has 26 heavy (non-hydrogen) atoms. The SMILES string of the molecule is COc1nc(NC(=O)C(C)(C)Sc2nc(N)nc3nc[nH]c23)ncc1F. The first-order chi connectivity index (χ1) is 12.3. The number of methoxy groups -OCH3 is 1. The standard InChI is InChI=1S/C14H15FN8O2S/c1-14(2,11(24)23-13-17-4-6(15)9(21-13)25-3)26-10-7-8(19-5-18-7)20-12(16)22-10/h4-5H,1-3H3,(H,17,21,23,24)(H3,16,18,19,20,22). The Kier molecular flexibility index (Phi) is 4.59. The Morgan fingerprint density at radius 3 is 2.85 bits per heavy atom. The third kappa shape index (κ3) is 3.49. The molecule has 3 rings (SSSR count). The highest BCUT2D eigenvalue weighted by Crippen LogP contribution is 2.35. The molecule has 0 aromatic carbocycles. The first-order valence-electron chi connectivity index (χ1n) is 7.34. The molecule has 3 heterocycles. The van der Waals surface area contributed by atoms with Crippen molar-refractivity contribution >= 4 is 40.7 Å². The summed E-state index contributed by atoms with van der Waals surface area (Å²) in [5.41, 5.74) is 6.67. The summed E-state index contributed by atoms with van der Waals surface area (Å²) in [5.74, 6) is -1.42. The lowest BCUT2D eigenvalue weighted by Gasteiger charge is -2.22. The first-order valence-corrected chi connectivity index (χ1v) is 8.15. The third-order valence-corrected chi connectivity index (χ3v) is 4.48. The molecule has 136 valence electrons. The fourth-order valence-corrected chi connectivity index (χ4v) is 3.01. The summed E-state index contributed by atoms with van der Waals surface area (Å²) in [4.78, 5) is 35.3. The van der Waals surface area contributed by atoms with Gasteiger partial charge in [0.2, 0.25) is 23.6 Å². The van der Waals surface area contributed by atoms with Crippen LogP contribution in [0.25, 0.3) is 11.2 Å². The normalized spacial score (nSPS) is 11.5. The van der Waals surface area contributed by atoms with E-state index >= 15 is 0 Å². The van der Waals surface area contributed by atoms with E-state index < -0.39 is 16.5 Å². The molecular weight excluding hydrogens is 363 g/mol. The first kappa shape index (κ1) is 17.8. The molecule has 4 N–H and O–H groups in total. The van der Waals surface area contributed by atoms with Gasteiger partial charge in [-0.05, 0) is 13.8 Å². The van der Waals surface area contributed by atoms with Crippen molar-refractivity contribution < 1.29 is 13.9 Å². The molecule has 0 bridgehead atoms. The summed E-state index contributed by atoms with van der Waals surface area (Å²) in [6.07, 6.45) is 2.38. The van der Waals surface area contributed by atoms with E-state index in [4.69, 9.17) is 10.5 Å². The predicted molar refractivity (Wildman–Crippen MR) is 93.2 cm³/mol. The van der Waals surface area contributed by atoms with E-state index in [0.717, 1.165) is 18.0 Å². The topological polar surface area (TPSA) is 145 Å². The molecule has 0 aliphatic rings. The van der Waals surface area contributed by atoms with Crippen molar-refractivity contribution in [1.82, 2.24) is 29.9 Å². The number of nitrogen functional groups attached to an aromatic ring is 1. The van der Waals surface area contributed by atoms with E-state index in [1.807, 2.05) is 0 Å². The Hall–Kier alpha value is -3.02. The summed E-state index contributed by atoms with van der Waals surface area (Å²) in [6, 6.07) is 0. The molecule has 0 saturated carbocycles. The van der Waals surface area contributed by atoms with Gasteiger partial charge in [0, 0.05) is 0 Å². The van der Waals surface area contributed by atoms with Crippen molar-refractivity contribution in [2.24, 2.45) is 0 Å². The molecule has 10 nitrogen and oxygen atoms in total. The van der Waals surface area contributed by atoms with Crippen LogP contribution in [0.15, 0.2) is 17.6 Å². The number of nitrogens with one attached hydrogen (secondary N) is 2. The van der Waals surface area contributed by atoms with E-state index in [9.17, 15) is 9.18 Å². The van der Waals surface area contributed by atoms with Gasteiger partial charge in [-0.1, -0.05) is 11.8 Å². The highest BCUT2D eigenvalue weighted by molar-refractivity contribution is 8.01. The molecule has 0 radical (unpaired) electrons. The van der Waals surface area contributed by atoms with Crippen LogP contribution >= 0.6 is 11.8 Å². The quantitative estimate of drug-likeness (QED) is 0.443. The van der Waals surface area contributed by atoms with Gasteiger partial charge in [0.1, 0.15) is 10.5 Å². The number of carbonyl (C=O) groups excluding carboxylic acids is 1. The van der Waals surface area contributed by atoms with Gasteiger partial charge in [-0.15, -0.1) is 0 Å². The molecule has 0 atom stereocenters. The van der Waals surface area contributed by atoms with E-state index in [1.54, 1.807) is 13.8 Å². The molecule has 0 fully saturated rings. The van der Waals surface area contributed by atoms with E-state index in [1.165, 1.54) is 13.4 Å². The lowest BCUT2D eigenvalue weighted by atomic mass is 10.2. The van der Waals surface area contributed by atoms with Crippen LogP contribution in [0.2, 0.25) is 0 Å². The van der Waals surface area contributed by atoms with Gasteiger partial charge < -0.3 is 15.5 Å². The number of thioether (sulfide) groups is 1. The third-order valence-electron chi connectivity index (χ3n) is 3.30. The summed E-state index contributed by atoms with van der Waals surface area (Å²) in [5, 5.41) is 3.01. The largest absolute Gasteiger partial charge is 0.479 e. The summed E-state index contributed by atoms with van der Waals surface area (Å²) in [6.45, 7) is 3.38. The van der Waals surface area contributed by atoms with Crippen molar-refractivity contribution in [1.29, 1.82) is 0 Å². The summed E-state index contributed by atoms with van der Waals surface area (Å²) < 4.78 is 17.2. The highest BCUT2D eigenvalue weighted by Gasteiger charge is 2.32. The number of hydrogen-bond acceptors (Lipinski definition) is 9. The number of fused-ring (bicyclic) bond motifs is 1. The van der Waals surface area contributed by atoms with Gasteiger partial charge in [-0.3, -0.25) is 10.1 Å². The smallest absolute Gasteiger partial charge is 0.255 e. The van der Waals surface area contributed by atoms with Gasteiger partial charge in [0.25, 0.3) is 5.88 Å². The summed E-state index contributed by atoms with van der Waals surface area (Å²) >= 11 is 1.16. The minimum atomic E-state index is -0.982. The van der Waals surface area contributed by atoms with Crippen LogP contribution in [-0.4, -0.2) is 47.7 Å². The number of hydrogen-bond donors (Lipinski definition) is 3. The minimum absolute atomic E-state index is 0.0508. The average molecular weight is 378 g/mol. The second kappa shape index (κ2) is 6.71. The molecular formula is C14H15FN8O2S. The molecule has 0 unspecified atom stereocenters. The summed E-state index contributed by atoms with van der Waals surface area (Å²) in [7, 11) is 1.27. The molecule has 0 aliphatic carbocycles. The Morgan fingerprint density at radius 1 is 1.35 bits per heavy atom. The molecule has 0 saturated heterocycles. The van der Waals surface area contributed by atoms with Gasteiger partial charge in [-0.25, -0.2) is 15.0 Å². The van der Waals surface area contributed by atoms with Gasteiger partial charge in [-0.2, -0.15) is 14.4 Å². The molecule has 3 aromatic heterocycles. The van der Waals surface area contributed by atoms with Crippen LogP contribution < -0.4 is 15.8 Å². The minimum Gasteiger partial charge on any atom is -0.479 e. The monoisotopic (exact) mass is 378 g/mol. The number of nitrogens with zero attached hydrogens (tertiary/aromatic N) is 5. The van der Waals surface area contributed by atoms with Gasteiger partial charge in [0.15, 0.2) is 5.65 Å². The Morgan fingerprint density at radius 2 is 2.12 bits per heavy atom.